The number of tetrazole rings is 1. The van der Waals surface area contributed by atoms with Crippen molar-refractivity contribution in [3.8, 4) is 11.5 Å². The molecule has 18 heteroatoms. The Morgan fingerprint density at radius 3 is 2.67 bits per heavy atom. The summed E-state index contributed by atoms with van der Waals surface area (Å²) in [5, 5.41) is 35.7. The second kappa shape index (κ2) is 12.6. The largest absolute Gasteiger partial charge is 0.508 e. The number of rotatable bonds is 11. The molecular weight excluding hydrogens is 604 g/mol. The molecule has 43 heavy (non-hydrogen) atoms. The fourth-order valence-electron chi connectivity index (χ4n) is 4.35. The van der Waals surface area contributed by atoms with Crippen molar-refractivity contribution in [2.24, 2.45) is 7.05 Å². The number of H-pyrrole nitrogens is 1. The number of carboxylic acid groups (broad SMARTS) is 1. The maximum Gasteiger partial charge on any atom is 0.352 e. The number of β-lactam (4-membered cyclic amide) rings is 1. The van der Waals surface area contributed by atoms with E-state index in [2.05, 4.69) is 31.1 Å². The van der Waals surface area contributed by atoms with E-state index < -0.39 is 53.2 Å². The molecule has 2 aromatic heterocycles. The summed E-state index contributed by atoms with van der Waals surface area (Å²) in [6, 6.07) is 4.38. The van der Waals surface area contributed by atoms with Gasteiger partial charge >= 0.3 is 5.97 Å². The molecule has 2 aliphatic rings. The Morgan fingerprint density at radius 2 is 2.00 bits per heavy atom. The van der Waals surface area contributed by atoms with Gasteiger partial charge in [-0.3, -0.25) is 24.1 Å². The van der Waals surface area contributed by atoms with Crippen molar-refractivity contribution in [1.29, 1.82) is 0 Å². The standard InChI is InChI=1S/C25H24N8O8S2/c1-32-25(29-30-31-32)43-11-13-10-42-23-19(22(38)33(23)20(13)24(39)40)28-21(37)18(12-2-4-14(34)5-3-12)27-17(36)9-41-16-8-26-7-6-15(16)35/h2-8,18-19,23,34H,9-11H2,1H3,(H,26,35)(H,27,36)(H,28,37)(H,39,40)/t18?,19?,23-/m0/s1. The van der Waals surface area contributed by atoms with Crippen molar-refractivity contribution in [2.75, 3.05) is 18.1 Å². The van der Waals surface area contributed by atoms with E-state index >= 15 is 0 Å². The first-order valence-electron chi connectivity index (χ1n) is 12.6. The molecule has 1 fully saturated rings. The Hall–Kier alpha value is -4.84. The third-order valence-electron chi connectivity index (χ3n) is 6.45. The second-order valence-electron chi connectivity index (χ2n) is 9.28. The van der Waals surface area contributed by atoms with Gasteiger partial charge in [0, 0.05) is 37.0 Å². The van der Waals surface area contributed by atoms with E-state index in [1.165, 1.54) is 70.9 Å². The van der Waals surface area contributed by atoms with Crippen LogP contribution in [0.25, 0.3) is 0 Å². The van der Waals surface area contributed by atoms with Crippen LogP contribution in [0.5, 0.6) is 11.5 Å². The van der Waals surface area contributed by atoms with Gasteiger partial charge in [-0.05, 0) is 33.7 Å². The summed E-state index contributed by atoms with van der Waals surface area (Å²) in [6.45, 7) is -0.582. The van der Waals surface area contributed by atoms with Gasteiger partial charge in [-0.1, -0.05) is 23.9 Å². The zero-order valence-corrected chi connectivity index (χ0v) is 23.9. The van der Waals surface area contributed by atoms with Crippen molar-refractivity contribution < 1.29 is 34.1 Å². The lowest BCUT2D eigenvalue weighted by Gasteiger charge is -2.49. The molecule has 3 atom stereocenters. The molecule has 0 saturated carbocycles. The SMILES string of the molecule is Cn1nnnc1SCC1=C(C(=O)O)N2C(=O)C(NC(=O)C(NC(=O)COc3c[nH]ccc3=O)c3ccc(O)cc3)[C@@H]2SC1. The molecule has 1 saturated heterocycles. The summed E-state index contributed by atoms with van der Waals surface area (Å²) in [6.07, 6.45) is 2.69. The molecule has 224 valence electrons. The van der Waals surface area contributed by atoms with E-state index in [0.717, 1.165) is 4.90 Å². The molecule has 5 rings (SSSR count). The Labute approximate surface area is 250 Å². The third kappa shape index (κ3) is 6.33. The normalized spacial score (nSPS) is 18.3. The highest BCUT2D eigenvalue weighted by Crippen LogP contribution is 2.41. The fraction of sp³-hybridized carbons (Fsp3) is 0.280. The molecule has 3 amide bonds. The Bertz CT molecular complexity index is 1660. The number of aryl methyl sites for hydroxylation is 1. The minimum absolute atomic E-state index is 0.0679. The number of nitrogens with zero attached hydrogens (tertiary/aromatic N) is 5. The van der Waals surface area contributed by atoms with Crippen LogP contribution in [0, 0.1) is 0 Å². The lowest BCUT2D eigenvalue weighted by Crippen LogP contribution is -2.71. The van der Waals surface area contributed by atoms with E-state index in [9.17, 15) is 34.2 Å². The summed E-state index contributed by atoms with van der Waals surface area (Å²) in [7, 11) is 1.65. The lowest BCUT2D eigenvalue weighted by atomic mass is 10.0. The zero-order valence-electron chi connectivity index (χ0n) is 22.3. The maximum absolute atomic E-state index is 13.4. The maximum atomic E-state index is 13.4. The van der Waals surface area contributed by atoms with Crippen LogP contribution in [0.1, 0.15) is 11.6 Å². The monoisotopic (exact) mass is 628 g/mol. The fourth-order valence-corrected chi connectivity index (χ4v) is 6.69. The van der Waals surface area contributed by atoms with Gasteiger partial charge in [0.2, 0.25) is 16.5 Å². The zero-order chi connectivity index (χ0) is 30.7. The number of aromatic nitrogens is 5. The molecule has 0 aliphatic carbocycles. The Kier molecular flexibility index (Phi) is 8.67. The summed E-state index contributed by atoms with van der Waals surface area (Å²) < 4.78 is 6.71. The number of aromatic hydroxyl groups is 1. The number of carboxylic acids is 1. The first kappa shape index (κ1) is 29.6. The minimum atomic E-state index is -1.30. The number of carbonyl (C=O) groups excluding carboxylic acids is 3. The number of benzene rings is 1. The first-order valence-corrected chi connectivity index (χ1v) is 14.6. The van der Waals surface area contributed by atoms with Gasteiger partial charge in [0.15, 0.2) is 12.4 Å². The predicted molar refractivity (Wildman–Crippen MR) is 151 cm³/mol. The number of amides is 3. The van der Waals surface area contributed by atoms with Crippen LogP contribution in [-0.2, 0) is 26.2 Å². The molecule has 0 spiro atoms. The first-order chi connectivity index (χ1) is 20.6. The number of ether oxygens (including phenoxy) is 1. The van der Waals surface area contributed by atoms with Gasteiger partial charge in [0.05, 0.1) is 0 Å². The molecule has 0 bridgehead atoms. The molecule has 2 aliphatic heterocycles. The van der Waals surface area contributed by atoms with Gasteiger partial charge in [-0.15, -0.1) is 16.9 Å². The van der Waals surface area contributed by atoms with Gasteiger partial charge < -0.3 is 30.6 Å². The number of hydrogen-bond donors (Lipinski definition) is 5. The molecule has 1 aromatic carbocycles. The highest BCUT2D eigenvalue weighted by atomic mass is 32.2. The van der Waals surface area contributed by atoms with Crippen molar-refractivity contribution in [3.05, 3.63) is 69.8 Å². The number of aliphatic carboxylic acids is 1. The number of phenolic OH excluding ortho intramolecular Hbond substituents is 1. The topological polar surface area (TPSA) is 222 Å². The summed E-state index contributed by atoms with van der Waals surface area (Å²) in [5.41, 5.74) is 0.203. The quantitative estimate of drug-likeness (QED) is 0.132. The molecule has 16 nitrogen and oxygen atoms in total. The third-order valence-corrected chi connectivity index (χ3v) is 8.88. The molecule has 3 aromatic rings. The van der Waals surface area contributed by atoms with Gasteiger partial charge in [-0.2, -0.15) is 0 Å². The number of phenols is 1. The van der Waals surface area contributed by atoms with Crippen molar-refractivity contribution in [1.82, 2.24) is 40.7 Å². The predicted octanol–water partition coefficient (Wildman–Crippen LogP) is -0.629. The Morgan fingerprint density at radius 1 is 1.23 bits per heavy atom. The van der Waals surface area contributed by atoms with Crippen molar-refractivity contribution >= 4 is 47.2 Å². The molecule has 5 N–H and O–H groups in total. The highest BCUT2D eigenvalue weighted by Gasteiger charge is 2.54. The van der Waals surface area contributed by atoms with Crippen molar-refractivity contribution in [2.45, 2.75) is 22.6 Å². The van der Waals surface area contributed by atoms with Crippen LogP contribution < -0.4 is 20.8 Å². The smallest absolute Gasteiger partial charge is 0.352 e. The summed E-state index contributed by atoms with van der Waals surface area (Å²) in [5.74, 6) is -3.01. The lowest BCUT2D eigenvalue weighted by molar-refractivity contribution is -0.151. The van der Waals surface area contributed by atoms with Crippen LogP contribution in [-0.4, -0.2) is 93.5 Å². The molecule has 2 unspecified atom stereocenters. The van der Waals surface area contributed by atoms with Crippen molar-refractivity contribution in [3.63, 3.8) is 0 Å². The van der Waals surface area contributed by atoms with E-state index in [4.69, 9.17) is 4.74 Å². The Balaban J connectivity index is 1.28. The average molecular weight is 629 g/mol. The number of nitrogens with one attached hydrogen (secondary N) is 3. The number of hydrogen-bond acceptors (Lipinski definition) is 12. The summed E-state index contributed by atoms with van der Waals surface area (Å²) in [4.78, 5) is 67.2. The van der Waals surface area contributed by atoms with Crippen LogP contribution in [0.3, 0.4) is 0 Å². The number of carbonyl (C=O) groups is 4. The van der Waals surface area contributed by atoms with Gasteiger partial charge in [-0.25, -0.2) is 9.48 Å². The van der Waals surface area contributed by atoms with E-state index in [-0.39, 0.29) is 28.7 Å². The van der Waals surface area contributed by atoms with Crippen LogP contribution >= 0.6 is 23.5 Å². The number of pyridine rings is 1. The number of aromatic amines is 1. The average Bonchev–Trinajstić information content (AvgIpc) is 3.41. The number of thioether (sulfide) groups is 2. The van der Waals surface area contributed by atoms with Crippen LogP contribution in [0.4, 0.5) is 0 Å². The van der Waals surface area contributed by atoms with Gasteiger partial charge in [0.1, 0.15) is 28.9 Å². The summed E-state index contributed by atoms with van der Waals surface area (Å²) >= 11 is 2.52. The molecular formula is C25H24N8O8S2. The van der Waals surface area contributed by atoms with Crippen LogP contribution in [0.2, 0.25) is 0 Å². The van der Waals surface area contributed by atoms with E-state index in [1.807, 2.05) is 0 Å². The van der Waals surface area contributed by atoms with E-state index in [0.29, 0.717) is 16.3 Å². The van der Waals surface area contributed by atoms with E-state index in [1.54, 1.807) is 7.05 Å². The highest BCUT2D eigenvalue weighted by molar-refractivity contribution is 8.01. The van der Waals surface area contributed by atoms with Crippen LogP contribution in [0.15, 0.2) is 63.9 Å². The number of fused-ring (bicyclic) bond motifs is 1. The second-order valence-corrected chi connectivity index (χ2v) is 11.3. The molecule has 4 heterocycles. The molecule has 0 radical (unpaired) electrons. The minimum Gasteiger partial charge on any atom is -0.508 e. The van der Waals surface area contributed by atoms with Gasteiger partial charge in [0.25, 0.3) is 11.8 Å².